The lowest BCUT2D eigenvalue weighted by molar-refractivity contribution is -0.125. The highest BCUT2D eigenvalue weighted by Gasteiger charge is 2.33. The first-order valence-corrected chi connectivity index (χ1v) is 14.1. The van der Waals surface area contributed by atoms with Crippen molar-refractivity contribution in [2.45, 2.75) is 19.3 Å². The van der Waals surface area contributed by atoms with E-state index in [1.165, 1.54) is 37.7 Å². The number of likely N-dealkylation sites (tertiary alicyclic amines) is 1. The van der Waals surface area contributed by atoms with Crippen LogP contribution in [0.5, 0.6) is 11.5 Å². The van der Waals surface area contributed by atoms with Crippen LogP contribution in [0.15, 0.2) is 65.9 Å². The molecule has 2 N–H and O–H groups in total. The van der Waals surface area contributed by atoms with E-state index in [1.54, 1.807) is 23.1 Å². The fraction of sp³-hybridized carbons (Fsp3) is 0.212. The van der Waals surface area contributed by atoms with Gasteiger partial charge in [0.2, 0.25) is 23.3 Å². The van der Waals surface area contributed by atoms with Crippen molar-refractivity contribution < 1.29 is 35.9 Å². The van der Waals surface area contributed by atoms with Gasteiger partial charge >= 0.3 is 0 Å². The summed E-state index contributed by atoms with van der Waals surface area (Å²) in [6.45, 7) is 2.71. The molecule has 4 aromatic rings. The number of amides is 1. The number of benzene rings is 3. The van der Waals surface area contributed by atoms with Crippen molar-refractivity contribution in [3.63, 3.8) is 0 Å². The molecule has 1 aromatic heterocycles. The van der Waals surface area contributed by atoms with E-state index < -0.39 is 46.4 Å². The van der Waals surface area contributed by atoms with Crippen LogP contribution in [0.2, 0.25) is 0 Å². The Morgan fingerprint density at radius 2 is 1.72 bits per heavy atom. The van der Waals surface area contributed by atoms with Crippen molar-refractivity contribution in [3.8, 4) is 11.5 Å². The number of aliphatic imine (C=N–C) groups is 1. The number of hydrogen-bond acceptors (Lipinski definition) is 6. The molecule has 2 unspecified atom stereocenters. The number of nitrogens with zero attached hydrogens (tertiary/aromatic N) is 4. The SMILES string of the molecule is CN=C(c1ccc(Oc2c(F)c(F)cc(F)c2F)cc1F)c1c(N)ncnc1C(C)C1CCN(C(=O)/C=C/c2ccccc2F)C1. The van der Waals surface area contributed by atoms with Gasteiger partial charge in [0, 0.05) is 55.4 Å². The lowest BCUT2D eigenvalue weighted by atomic mass is 9.86. The first-order chi connectivity index (χ1) is 22.0. The summed E-state index contributed by atoms with van der Waals surface area (Å²) < 4.78 is 89.9. The summed E-state index contributed by atoms with van der Waals surface area (Å²) in [5.74, 6) is -10.7. The number of nitrogens with two attached hydrogens (primary N) is 1. The molecule has 7 nitrogen and oxygen atoms in total. The van der Waals surface area contributed by atoms with Crippen molar-refractivity contribution in [3.05, 3.63) is 118 Å². The molecule has 2 atom stereocenters. The number of halogens is 6. The van der Waals surface area contributed by atoms with Crippen LogP contribution in [0.25, 0.3) is 6.08 Å². The molecular weight excluding hydrogens is 612 g/mol. The fourth-order valence-electron chi connectivity index (χ4n) is 5.37. The molecule has 0 radical (unpaired) electrons. The number of ether oxygens (including phenoxy) is 1. The quantitative estimate of drug-likeness (QED) is 0.0989. The van der Waals surface area contributed by atoms with Crippen LogP contribution in [-0.4, -0.2) is 46.6 Å². The predicted molar refractivity (Wildman–Crippen MR) is 159 cm³/mol. The topological polar surface area (TPSA) is 93.7 Å². The molecule has 238 valence electrons. The van der Waals surface area contributed by atoms with Crippen LogP contribution in [0.1, 0.15) is 41.6 Å². The van der Waals surface area contributed by atoms with Crippen LogP contribution in [0, 0.1) is 40.8 Å². The minimum Gasteiger partial charge on any atom is -0.451 e. The summed E-state index contributed by atoms with van der Waals surface area (Å²) in [6, 6.07) is 9.26. The van der Waals surface area contributed by atoms with Gasteiger partial charge in [0.1, 0.15) is 29.5 Å². The van der Waals surface area contributed by atoms with Crippen molar-refractivity contribution in [1.29, 1.82) is 0 Å². The van der Waals surface area contributed by atoms with Gasteiger partial charge in [0.15, 0.2) is 11.6 Å². The lowest BCUT2D eigenvalue weighted by Gasteiger charge is -2.23. The van der Waals surface area contributed by atoms with Crippen LogP contribution in [0.4, 0.5) is 32.2 Å². The minimum absolute atomic E-state index is 0.00954. The summed E-state index contributed by atoms with van der Waals surface area (Å²) in [7, 11) is 1.40. The Kier molecular flexibility index (Phi) is 9.40. The van der Waals surface area contributed by atoms with Crippen molar-refractivity contribution in [1.82, 2.24) is 14.9 Å². The summed E-state index contributed by atoms with van der Waals surface area (Å²) >= 11 is 0. The van der Waals surface area contributed by atoms with Gasteiger partial charge < -0.3 is 15.4 Å². The first kappa shape index (κ1) is 32.2. The van der Waals surface area contributed by atoms with E-state index in [0.29, 0.717) is 30.8 Å². The van der Waals surface area contributed by atoms with Gasteiger partial charge in [-0.1, -0.05) is 25.1 Å². The van der Waals surface area contributed by atoms with Gasteiger partial charge in [0.05, 0.1) is 17.0 Å². The molecule has 0 aliphatic carbocycles. The highest BCUT2D eigenvalue weighted by Crippen LogP contribution is 2.36. The minimum atomic E-state index is -1.78. The average Bonchev–Trinajstić information content (AvgIpc) is 3.54. The molecule has 3 aromatic carbocycles. The van der Waals surface area contributed by atoms with Crippen LogP contribution >= 0.6 is 0 Å². The summed E-state index contributed by atoms with van der Waals surface area (Å²) in [5.41, 5.74) is 7.24. The van der Waals surface area contributed by atoms with Crippen molar-refractivity contribution >= 4 is 23.5 Å². The highest BCUT2D eigenvalue weighted by atomic mass is 19.2. The number of aromatic nitrogens is 2. The highest BCUT2D eigenvalue weighted by molar-refractivity contribution is 6.16. The maximum atomic E-state index is 15.5. The molecule has 0 spiro atoms. The van der Waals surface area contributed by atoms with E-state index in [-0.39, 0.29) is 46.5 Å². The molecule has 0 saturated carbocycles. The van der Waals surface area contributed by atoms with E-state index in [9.17, 15) is 26.7 Å². The Labute approximate surface area is 260 Å². The normalized spacial score (nSPS) is 15.9. The molecule has 2 heterocycles. The average molecular weight is 640 g/mol. The monoisotopic (exact) mass is 639 g/mol. The Morgan fingerprint density at radius 1 is 1.00 bits per heavy atom. The Hall–Kier alpha value is -5.20. The smallest absolute Gasteiger partial charge is 0.246 e. The van der Waals surface area contributed by atoms with Crippen molar-refractivity contribution in [2.24, 2.45) is 10.9 Å². The van der Waals surface area contributed by atoms with Gasteiger partial charge in [0.25, 0.3) is 0 Å². The molecular formula is C33H27F6N5O2. The zero-order valence-corrected chi connectivity index (χ0v) is 24.6. The van der Waals surface area contributed by atoms with Gasteiger partial charge in [-0.15, -0.1) is 0 Å². The van der Waals surface area contributed by atoms with E-state index >= 15 is 4.39 Å². The largest absolute Gasteiger partial charge is 0.451 e. The van der Waals surface area contributed by atoms with Crippen LogP contribution in [-0.2, 0) is 4.79 Å². The maximum Gasteiger partial charge on any atom is 0.246 e. The number of carbonyl (C=O) groups excluding carboxylic acids is 1. The third-order valence-corrected chi connectivity index (χ3v) is 7.84. The maximum absolute atomic E-state index is 15.5. The molecule has 1 aliphatic heterocycles. The lowest BCUT2D eigenvalue weighted by Crippen LogP contribution is -2.28. The predicted octanol–water partition coefficient (Wildman–Crippen LogP) is 6.82. The number of anilines is 1. The second-order valence-corrected chi connectivity index (χ2v) is 10.6. The second kappa shape index (κ2) is 13.4. The molecule has 1 fully saturated rings. The van der Waals surface area contributed by atoms with Crippen LogP contribution < -0.4 is 10.5 Å². The van der Waals surface area contributed by atoms with Gasteiger partial charge in [-0.2, -0.15) is 8.78 Å². The molecule has 1 amide bonds. The fourth-order valence-corrected chi connectivity index (χ4v) is 5.37. The third kappa shape index (κ3) is 6.44. The molecule has 1 aliphatic rings. The number of nitrogen functional groups attached to an aromatic ring is 1. The number of rotatable bonds is 8. The Balaban J connectivity index is 1.38. The standard InChI is InChI=1S/C33H27F6N5O2/c1-17(19-11-12-44(15-19)26(45)10-7-18-5-3-4-6-22(18)34)30-27(33(40)43-16-42-30)31(41-2)21-9-8-20(13-23(21)35)46-32-28(38)24(36)14-25(37)29(32)39/h3-10,13-14,16-17,19H,11-12,15H2,1-2H3,(H2,40,42,43)/b10-7+,41-31?. The Bertz CT molecular complexity index is 1840. The molecule has 13 heteroatoms. The van der Waals surface area contributed by atoms with E-state index in [4.69, 9.17) is 10.5 Å². The molecule has 0 bridgehead atoms. The van der Waals surface area contributed by atoms with Gasteiger partial charge in [-0.25, -0.2) is 27.5 Å². The van der Waals surface area contributed by atoms with Gasteiger partial charge in [-0.05, 0) is 36.6 Å². The van der Waals surface area contributed by atoms with Crippen molar-refractivity contribution in [2.75, 3.05) is 25.9 Å². The molecule has 46 heavy (non-hydrogen) atoms. The summed E-state index contributed by atoms with van der Waals surface area (Å²) in [5, 5.41) is 0. The molecule has 5 rings (SSSR count). The third-order valence-electron chi connectivity index (χ3n) is 7.84. The van der Waals surface area contributed by atoms with E-state index in [0.717, 1.165) is 12.1 Å². The van der Waals surface area contributed by atoms with Crippen LogP contribution in [0.3, 0.4) is 0 Å². The summed E-state index contributed by atoms with van der Waals surface area (Å²) in [4.78, 5) is 27.3. The van der Waals surface area contributed by atoms with Gasteiger partial charge in [-0.3, -0.25) is 9.79 Å². The second-order valence-electron chi connectivity index (χ2n) is 10.6. The molecule has 1 saturated heterocycles. The zero-order chi connectivity index (χ0) is 33.1. The van der Waals surface area contributed by atoms with E-state index in [2.05, 4.69) is 15.0 Å². The first-order valence-electron chi connectivity index (χ1n) is 14.1. The number of carbonyl (C=O) groups is 1. The summed E-state index contributed by atoms with van der Waals surface area (Å²) in [6.07, 6.45) is 4.64. The Morgan fingerprint density at radius 3 is 2.39 bits per heavy atom. The number of hydrogen-bond donors (Lipinski definition) is 1. The van der Waals surface area contributed by atoms with E-state index in [1.807, 2.05) is 6.92 Å². The zero-order valence-electron chi connectivity index (χ0n) is 24.6.